The third kappa shape index (κ3) is 4.87. The molecule has 0 saturated heterocycles. The van der Waals surface area contributed by atoms with Gasteiger partial charge in [0.15, 0.2) is 10.7 Å². The summed E-state index contributed by atoms with van der Waals surface area (Å²) in [5.41, 5.74) is 4.07. The van der Waals surface area contributed by atoms with Gasteiger partial charge in [0, 0.05) is 12.8 Å². The summed E-state index contributed by atoms with van der Waals surface area (Å²) >= 11 is 4.97. The molecule has 1 atom stereocenters. The van der Waals surface area contributed by atoms with Crippen molar-refractivity contribution >= 4 is 29.1 Å². The second kappa shape index (κ2) is 8.21. The van der Waals surface area contributed by atoms with Crippen LogP contribution in [-0.2, 0) is 14.3 Å². The summed E-state index contributed by atoms with van der Waals surface area (Å²) < 4.78 is 6.12. The van der Waals surface area contributed by atoms with Crippen molar-refractivity contribution in [1.82, 2.24) is 16.2 Å². The van der Waals surface area contributed by atoms with Crippen LogP contribution >= 0.6 is 12.2 Å². The third-order valence-corrected chi connectivity index (χ3v) is 4.17. The molecule has 0 spiro atoms. The highest BCUT2D eigenvalue weighted by atomic mass is 32.1. The van der Waals surface area contributed by atoms with Gasteiger partial charge in [-0.2, -0.15) is 0 Å². The van der Waals surface area contributed by atoms with E-state index < -0.39 is 5.60 Å². The number of rotatable bonds is 4. The van der Waals surface area contributed by atoms with Crippen LogP contribution in [0, 0.1) is 0 Å². The molecular formula is C16H23N3O3S. The van der Waals surface area contributed by atoms with Gasteiger partial charge < -0.3 is 10.1 Å². The topological polar surface area (TPSA) is 79.5 Å². The Morgan fingerprint density at radius 1 is 1.26 bits per heavy atom. The standard InChI is InChI=1S/C16H23N3O3S/c1-2-13(20)17-15(23)19-18-14(21)16(10-6-3-7-11-16)22-12-8-4-5-9-12/h3,6-7,10,12H,2,4-5,8-9,11H2,1H3,(H,18,21)(H2,17,19,20,23). The second-order valence-corrected chi connectivity index (χ2v) is 6.12. The van der Waals surface area contributed by atoms with Gasteiger partial charge in [-0.15, -0.1) is 0 Å². The number of allylic oxidation sites excluding steroid dienone is 2. The van der Waals surface area contributed by atoms with E-state index >= 15 is 0 Å². The van der Waals surface area contributed by atoms with E-state index in [2.05, 4.69) is 16.2 Å². The minimum absolute atomic E-state index is 0.0662. The highest BCUT2D eigenvalue weighted by Gasteiger charge is 2.40. The Labute approximate surface area is 141 Å². The van der Waals surface area contributed by atoms with Crippen molar-refractivity contribution < 1.29 is 14.3 Å². The van der Waals surface area contributed by atoms with Gasteiger partial charge in [-0.1, -0.05) is 38.0 Å². The van der Waals surface area contributed by atoms with E-state index in [0.29, 0.717) is 12.8 Å². The van der Waals surface area contributed by atoms with E-state index in [1.807, 2.05) is 18.2 Å². The van der Waals surface area contributed by atoms with E-state index in [9.17, 15) is 9.59 Å². The average Bonchev–Trinajstić information content (AvgIpc) is 3.06. The van der Waals surface area contributed by atoms with Crippen molar-refractivity contribution in [2.75, 3.05) is 0 Å². The molecule has 6 nitrogen and oxygen atoms in total. The molecule has 2 aliphatic carbocycles. The van der Waals surface area contributed by atoms with Crippen LogP contribution in [0.5, 0.6) is 0 Å². The maximum atomic E-state index is 12.6. The number of thiocarbonyl (C=S) groups is 1. The van der Waals surface area contributed by atoms with E-state index in [1.54, 1.807) is 13.0 Å². The SMILES string of the molecule is CCC(=O)NC(=S)NNC(=O)C1(OC2CCCC2)C=CC=CC1. The maximum Gasteiger partial charge on any atom is 0.274 e. The van der Waals surface area contributed by atoms with Crippen molar-refractivity contribution in [3.05, 3.63) is 24.3 Å². The first-order valence-electron chi connectivity index (χ1n) is 7.98. The van der Waals surface area contributed by atoms with Gasteiger partial charge in [-0.25, -0.2) is 0 Å². The number of hydrogen-bond acceptors (Lipinski definition) is 4. The van der Waals surface area contributed by atoms with Crippen molar-refractivity contribution in [2.45, 2.75) is 57.2 Å². The predicted octanol–water partition coefficient (Wildman–Crippen LogP) is 1.63. The second-order valence-electron chi connectivity index (χ2n) is 5.72. The zero-order chi connectivity index (χ0) is 16.7. The molecule has 2 amide bonds. The van der Waals surface area contributed by atoms with E-state index in [1.165, 1.54) is 0 Å². The van der Waals surface area contributed by atoms with Crippen LogP contribution in [0.4, 0.5) is 0 Å². The molecule has 0 heterocycles. The molecule has 0 bridgehead atoms. The summed E-state index contributed by atoms with van der Waals surface area (Å²) in [4.78, 5) is 23.9. The molecule has 0 aromatic rings. The van der Waals surface area contributed by atoms with Gasteiger partial charge in [0.05, 0.1) is 6.10 Å². The molecule has 1 fully saturated rings. The number of ether oxygens (including phenoxy) is 1. The van der Waals surface area contributed by atoms with E-state index in [-0.39, 0.29) is 23.0 Å². The lowest BCUT2D eigenvalue weighted by Crippen LogP contribution is -2.56. The Morgan fingerprint density at radius 2 is 2.00 bits per heavy atom. The maximum absolute atomic E-state index is 12.6. The van der Waals surface area contributed by atoms with Gasteiger partial charge in [0.2, 0.25) is 5.91 Å². The number of nitrogens with one attached hydrogen (secondary N) is 3. The zero-order valence-electron chi connectivity index (χ0n) is 13.3. The van der Waals surface area contributed by atoms with Crippen LogP contribution in [0.25, 0.3) is 0 Å². The van der Waals surface area contributed by atoms with Gasteiger partial charge in [-0.3, -0.25) is 20.4 Å². The number of carbonyl (C=O) groups is 2. The summed E-state index contributed by atoms with van der Waals surface area (Å²) in [6, 6.07) is 0. The van der Waals surface area contributed by atoms with Crippen LogP contribution in [0.15, 0.2) is 24.3 Å². The molecule has 2 rings (SSSR count). The fraction of sp³-hybridized carbons (Fsp3) is 0.562. The first kappa shape index (κ1) is 17.6. The van der Waals surface area contributed by atoms with Gasteiger partial charge in [0.25, 0.3) is 5.91 Å². The largest absolute Gasteiger partial charge is 0.357 e. The highest BCUT2D eigenvalue weighted by Crippen LogP contribution is 2.30. The Hall–Kier alpha value is -1.73. The first-order chi connectivity index (χ1) is 11.1. The predicted molar refractivity (Wildman–Crippen MR) is 91.3 cm³/mol. The number of amides is 2. The minimum Gasteiger partial charge on any atom is -0.357 e. The Balaban J connectivity index is 1.94. The molecule has 126 valence electrons. The molecule has 1 saturated carbocycles. The highest BCUT2D eigenvalue weighted by molar-refractivity contribution is 7.80. The summed E-state index contributed by atoms with van der Waals surface area (Å²) in [7, 11) is 0. The first-order valence-corrected chi connectivity index (χ1v) is 8.39. The lowest BCUT2D eigenvalue weighted by Gasteiger charge is -2.33. The monoisotopic (exact) mass is 337 g/mol. The molecule has 0 radical (unpaired) electrons. The Kier molecular flexibility index (Phi) is 6.29. The molecule has 7 heteroatoms. The number of carbonyl (C=O) groups excluding carboxylic acids is 2. The Bertz CT molecular complexity index is 527. The quantitative estimate of drug-likeness (QED) is 0.537. The van der Waals surface area contributed by atoms with Gasteiger partial charge in [0.1, 0.15) is 0 Å². The molecular weight excluding hydrogens is 314 g/mol. The van der Waals surface area contributed by atoms with Crippen molar-refractivity contribution in [3.8, 4) is 0 Å². The van der Waals surface area contributed by atoms with Gasteiger partial charge >= 0.3 is 0 Å². The van der Waals surface area contributed by atoms with Crippen molar-refractivity contribution in [3.63, 3.8) is 0 Å². The fourth-order valence-electron chi connectivity index (χ4n) is 2.68. The third-order valence-electron chi connectivity index (χ3n) is 3.96. The fourth-order valence-corrected chi connectivity index (χ4v) is 2.84. The lowest BCUT2D eigenvalue weighted by molar-refractivity contribution is -0.147. The summed E-state index contributed by atoms with van der Waals surface area (Å²) in [5.74, 6) is -0.535. The molecule has 1 unspecified atom stereocenters. The molecule has 0 aromatic heterocycles. The summed E-state index contributed by atoms with van der Waals surface area (Å²) in [6.07, 6.45) is 12.5. The minimum atomic E-state index is -1.03. The molecule has 2 aliphatic rings. The number of hydrazine groups is 1. The molecule has 3 N–H and O–H groups in total. The zero-order valence-corrected chi connectivity index (χ0v) is 14.1. The molecule has 0 aromatic carbocycles. The van der Waals surface area contributed by atoms with Crippen LogP contribution in [0.1, 0.15) is 45.4 Å². The average molecular weight is 337 g/mol. The van der Waals surface area contributed by atoms with Gasteiger partial charge in [-0.05, 0) is 31.1 Å². The summed E-state index contributed by atoms with van der Waals surface area (Å²) in [5, 5.41) is 2.53. The normalized spacial score (nSPS) is 23.5. The number of hydrogen-bond donors (Lipinski definition) is 3. The molecule has 0 aliphatic heterocycles. The smallest absolute Gasteiger partial charge is 0.274 e. The van der Waals surface area contributed by atoms with Crippen LogP contribution < -0.4 is 16.2 Å². The summed E-state index contributed by atoms with van der Waals surface area (Å²) in [6.45, 7) is 1.72. The van der Waals surface area contributed by atoms with E-state index in [4.69, 9.17) is 17.0 Å². The molecule has 23 heavy (non-hydrogen) atoms. The lowest BCUT2D eigenvalue weighted by atomic mass is 9.93. The van der Waals surface area contributed by atoms with Crippen LogP contribution in [-0.4, -0.2) is 28.6 Å². The van der Waals surface area contributed by atoms with Crippen molar-refractivity contribution in [2.24, 2.45) is 0 Å². The Morgan fingerprint density at radius 3 is 2.61 bits per heavy atom. The van der Waals surface area contributed by atoms with E-state index in [0.717, 1.165) is 25.7 Å². The van der Waals surface area contributed by atoms with Crippen molar-refractivity contribution in [1.29, 1.82) is 0 Å². The van der Waals surface area contributed by atoms with Crippen LogP contribution in [0.3, 0.4) is 0 Å². The van der Waals surface area contributed by atoms with Crippen LogP contribution in [0.2, 0.25) is 0 Å².